The normalized spacial score (nSPS) is 12.5. The van der Waals surface area contributed by atoms with Crippen molar-refractivity contribution in [1.29, 1.82) is 0 Å². The molecule has 0 aromatic carbocycles. The Labute approximate surface area is 224 Å². The molecule has 5 nitrogen and oxygen atoms in total. The van der Waals surface area contributed by atoms with E-state index in [0.717, 1.165) is 25.7 Å². The molecule has 1 N–H and O–H groups in total. The molecular weight excluding hydrogens is 450 g/mol. The van der Waals surface area contributed by atoms with Crippen LogP contribution in [0.2, 0.25) is 0 Å². The number of ether oxygens (including phenoxy) is 2. The highest BCUT2D eigenvalue weighted by atomic mass is 16.6. The number of hydrogen-bond donors (Lipinski definition) is 1. The minimum atomic E-state index is -0.714. The number of amides is 1. The lowest BCUT2D eigenvalue weighted by atomic mass is 10.0. The summed E-state index contributed by atoms with van der Waals surface area (Å²) in [4.78, 5) is 24.7. The first-order valence-electron chi connectivity index (χ1n) is 15.4. The van der Waals surface area contributed by atoms with Crippen molar-refractivity contribution in [2.24, 2.45) is 0 Å². The quantitative estimate of drug-likeness (QED) is 0.109. The minimum absolute atomic E-state index is 0.0607. The van der Waals surface area contributed by atoms with E-state index in [9.17, 15) is 9.59 Å². The molecule has 0 saturated heterocycles. The first kappa shape index (κ1) is 34.7. The van der Waals surface area contributed by atoms with Crippen molar-refractivity contribution in [1.82, 2.24) is 5.32 Å². The lowest BCUT2D eigenvalue weighted by molar-refractivity contribution is -0.152. The fourth-order valence-corrected chi connectivity index (χ4v) is 4.44. The van der Waals surface area contributed by atoms with Crippen LogP contribution in [0, 0.1) is 0 Å². The number of hydrogen-bond acceptors (Lipinski definition) is 4. The number of esters is 1. The Morgan fingerprint density at radius 2 is 1.00 bits per heavy atom. The van der Waals surface area contributed by atoms with Gasteiger partial charge in [-0.1, -0.05) is 117 Å². The largest absolute Gasteiger partial charge is 0.461 e. The summed E-state index contributed by atoms with van der Waals surface area (Å²) in [6, 6.07) is -0.714. The molecule has 36 heavy (non-hydrogen) atoms. The van der Waals surface area contributed by atoms with Gasteiger partial charge in [0, 0.05) is 0 Å². The molecule has 0 aliphatic rings. The number of carbonyl (C=O) groups excluding carboxylic acids is 2. The van der Waals surface area contributed by atoms with Crippen LogP contribution in [0.5, 0.6) is 0 Å². The highest BCUT2D eigenvalue weighted by Gasteiger charge is 2.24. The molecule has 0 unspecified atom stereocenters. The molecule has 214 valence electrons. The fraction of sp³-hybridized carbons (Fsp3) is 0.935. The molecule has 0 aliphatic carbocycles. The van der Waals surface area contributed by atoms with Crippen LogP contribution < -0.4 is 5.32 Å². The van der Waals surface area contributed by atoms with Crippen LogP contribution in [0.1, 0.15) is 170 Å². The molecule has 0 rings (SSSR count). The second-order valence-electron chi connectivity index (χ2n) is 11.7. The first-order chi connectivity index (χ1) is 17.2. The first-order valence-corrected chi connectivity index (χ1v) is 15.4. The van der Waals surface area contributed by atoms with Crippen molar-refractivity contribution >= 4 is 12.1 Å². The van der Waals surface area contributed by atoms with Crippen molar-refractivity contribution < 1.29 is 19.1 Å². The number of alkyl carbamates (subject to hydrolysis) is 1. The Morgan fingerprint density at radius 1 is 0.639 bits per heavy atom. The summed E-state index contributed by atoms with van der Waals surface area (Å²) in [5.41, 5.74) is -0.595. The zero-order valence-corrected chi connectivity index (χ0v) is 24.9. The summed E-state index contributed by atoms with van der Waals surface area (Å²) in [6.45, 7) is 11.6. The Bertz CT molecular complexity index is 507. The Kier molecular flexibility index (Phi) is 22.1. The Morgan fingerprint density at radius 3 is 1.36 bits per heavy atom. The summed E-state index contributed by atoms with van der Waals surface area (Å²) in [6.07, 6.45) is 24.3. The zero-order valence-electron chi connectivity index (χ0n) is 24.9. The SMILES string of the molecule is CCCCCCCCCCCC(CCCCCCCCCCC)OC(=O)[C@H](C)NC(=O)OC(C)(C)C. The van der Waals surface area contributed by atoms with E-state index < -0.39 is 17.7 Å². The summed E-state index contributed by atoms with van der Waals surface area (Å²) in [7, 11) is 0. The summed E-state index contributed by atoms with van der Waals surface area (Å²) in [5, 5.41) is 2.62. The van der Waals surface area contributed by atoms with Crippen molar-refractivity contribution in [3.8, 4) is 0 Å². The van der Waals surface area contributed by atoms with Gasteiger partial charge in [0.25, 0.3) is 0 Å². The molecule has 0 aromatic heterocycles. The summed E-state index contributed by atoms with van der Waals surface area (Å²) in [5.74, 6) is -0.363. The maximum Gasteiger partial charge on any atom is 0.408 e. The average Bonchev–Trinajstić information content (AvgIpc) is 2.80. The van der Waals surface area contributed by atoms with Gasteiger partial charge in [-0.3, -0.25) is 0 Å². The number of carbonyl (C=O) groups is 2. The van der Waals surface area contributed by atoms with Gasteiger partial charge in [0.1, 0.15) is 17.7 Å². The number of unbranched alkanes of at least 4 members (excludes halogenated alkanes) is 16. The molecule has 0 aliphatic heterocycles. The van der Waals surface area contributed by atoms with Crippen LogP contribution >= 0.6 is 0 Å². The predicted octanol–water partition coefficient (Wildman–Crippen LogP) is 9.65. The molecule has 0 fully saturated rings. The Balaban J connectivity index is 4.38. The van der Waals surface area contributed by atoms with Gasteiger partial charge in [-0.2, -0.15) is 0 Å². The highest BCUT2D eigenvalue weighted by Crippen LogP contribution is 2.18. The van der Waals surface area contributed by atoms with E-state index in [0.29, 0.717) is 0 Å². The van der Waals surface area contributed by atoms with Gasteiger partial charge in [-0.15, -0.1) is 0 Å². The van der Waals surface area contributed by atoms with Gasteiger partial charge in [0.15, 0.2) is 0 Å². The van der Waals surface area contributed by atoms with E-state index in [-0.39, 0.29) is 12.1 Å². The molecule has 0 saturated carbocycles. The molecule has 0 bridgehead atoms. The molecule has 1 atom stereocenters. The predicted molar refractivity (Wildman–Crippen MR) is 152 cm³/mol. The van der Waals surface area contributed by atoms with Crippen LogP contribution in [0.3, 0.4) is 0 Å². The zero-order chi connectivity index (χ0) is 27.1. The van der Waals surface area contributed by atoms with E-state index in [2.05, 4.69) is 19.2 Å². The second kappa shape index (κ2) is 22.9. The summed E-state index contributed by atoms with van der Waals surface area (Å²) < 4.78 is 11.2. The van der Waals surface area contributed by atoms with Crippen molar-refractivity contribution in [2.45, 2.75) is 188 Å². The van der Waals surface area contributed by atoms with E-state index in [1.807, 2.05) is 20.8 Å². The standard InChI is InChI=1S/C31H61NO4/c1-7-9-11-13-15-17-19-21-23-25-28(26-24-22-20-18-16-14-12-10-8-2)35-29(33)27(3)32-30(34)36-31(4,5)6/h27-28H,7-26H2,1-6H3,(H,32,34)/t27-/m0/s1. The van der Waals surface area contributed by atoms with E-state index in [4.69, 9.17) is 9.47 Å². The maximum absolute atomic E-state index is 12.7. The van der Waals surface area contributed by atoms with E-state index >= 15 is 0 Å². The maximum atomic E-state index is 12.7. The lowest BCUT2D eigenvalue weighted by Gasteiger charge is -2.23. The van der Waals surface area contributed by atoms with Crippen molar-refractivity contribution in [2.75, 3.05) is 0 Å². The van der Waals surface area contributed by atoms with Crippen LogP contribution in [-0.4, -0.2) is 29.8 Å². The molecule has 0 radical (unpaired) electrons. The second-order valence-corrected chi connectivity index (χ2v) is 11.7. The molecule has 0 spiro atoms. The Hall–Kier alpha value is -1.26. The molecule has 5 heteroatoms. The minimum Gasteiger partial charge on any atom is -0.461 e. The molecular formula is C31H61NO4. The van der Waals surface area contributed by atoms with Crippen LogP contribution in [-0.2, 0) is 14.3 Å². The van der Waals surface area contributed by atoms with Gasteiger partial charge in [-0.05, 0) is 53.4 Å². The van der Waals surface area contributed by atoms with E-state index in [1.54, 1.807) is 6.92 Å². The fourth-order valence-electron chi connectivity index (χ4n) is 4.44. The third kappa shape index (κ3) is 23.2. The third-order valence-corrected chi connectivity index (χ3v) is 6.63. The van der Waals surface area contributed by atoms with Crippen LogP contribution in [0.15, 0.2) is 0 Å². The highest BCUT2D eigenvalue weighted by molar-refractivity contribution is 5.81. The van der Waals surface area contributed by atoms with Gasteiger partial charge < -0.3 is 14.8 Å². The molecule has 0 heterocycles. The van der Waals surface area contributed by atoms with Crippen molar-refractivity contribution in [3.05, 3.63) is 0 Å². The monoisotopic (exact) mass is 511 g/mol. The van der Waals surface area contributed by atoms with Gasteiger partial charge >= 0.3 is 12.1 Å². The summed E-state index contributed by atoms with van der Waals surface area (Å²) >= 11 is 0. The third-order valence-electron chi connectivity index (χ3n) is 6.63. The van der Waals surface area contributed by atoms with Crippen LogP contribution in [0.25, 0.3) is 0 Å². The lowest BCUT2D eigenvalue weighted by Crippen LogP contribution is -2.43. The molecule has 0 aromatic rings. The van der Waals surface area contributed by atoms with Crippen molar-refractivity contribution in [3.63, 3.8) is 0 Å². The topological polar surface area (TPSA) is 64.6 Å². The smallest absolute Gasteiger partial charge is 0.408 e. The van der Waals surface area contributed by atoms with Crippen LogP contribution in [0.4, 0.5) is 4.79 Å². The van der Waals surface area contributed by atoms with E-state index in [1.165, 1.54) is 103 Å². The van der Waals surface area contributed by atoms with Gasteiger partial charge in [0.05, 0.1) is 0 Å². The molecule has 1 amide bonds. The average molecular weight is 512 g/mol. The van der Waals surface area contributed by atoms with Gasteiger partial charge in [0.2, 0.25) is 0 Å². The van der Waals surface area contributed by atoms with Gasteiger partial charge in [-0.25, -0.2) is 9.59 Å². The number of rotatable bonds is 23. The number of nitrogens with one attached hydrogen (secondary N) is 1.